The summed E-state index contributed by atoms with van der Waals surface area (Å²) >= 11 is 0. The second kappa shape index (κ2) is 23.1. The highest BCUT2D eigenvalue weighted by Crippen LogP contribution is 2.23. The molecule has 4 aromatic heterocycles. The molecule has 0 radical (unpaired) electrons. The van der Waals surface area contributed by atoms with E-state index in [0.717, 1.165) is 163 Å². The van der Waals surface area contributed by atoms with Gasteiger partial charge in [0, 0.05) is 125 Å². The molecule has 350 valence electrons. The Morgan fingerprint density at radius 3 is 1.26 bits per heavy atom. The van der Waals surface area contributed by atoms with Crippen LogP contribution >= 0.6 is 0 Å². The first kappa shape index (κ1) is 47.4. The fourth-order valence-corrected chi connectivity index (χ4v) is 9.43. The molecule has 8 rings (SSSR count). The van der Waals surface area contributed by atoms with Crippen LogP contribution in [0.2, 0.25) is 0 Å². The van der Waals surface area contributed by atoms with Gasteiger partial charge in [-0.25, -0.2) is 19.0 Å². The molecule has 2 fully saturated rings. The maximum atomic E-state index is 5.96. The molecular weight excluding hydrogens is 821 g/mol. The van der Waals surface area contributed by atoms with Crippen molar-refractivity contribution in [2.75, 3.05) is 105 Å². The Kier molecular flexibility index (Phi) is 16.6. The number of piperazine rings is 2. The summed E-state index contributed by atoms with van der Waals surface area (Å²) in [5, 5.41) is 9.72. The van der Waals surface area contributed by atoms with E-state index in [1.165, 1.54) is 33.4 Å². The quantitative estimate of drug-likeness (QED) is 0.0686. The van der Waals surface area contributed by atoms with Gasteiger partial charge in [0.2, 0.25) is 0 Å². The van der Waals surface area contributed by atoms with E-state index in [1.54, 1.807) is 0 Å². The summed E-state index contributed by atoms with van der Waals surface area (Å²) in [4.78, 5) is 19.8. The number of aryl methyl sites for hydroxylation is 6. The summed E-state index contributed by atoms with van der Waals surface area (Å²) in [7, 11) is 0. The van der Waals surface area contributed by atoms with Crippen molar-refractivity contribution in [1.29, 1.82) is 0 Å². The van der Waals surface area contributed by atoms with E-state index >= 15 is 0 Å². The zero-order valence-electron chi connectivity index (χ0n) is 40.5. The van der Waals surface area contributed by atoms with Crippen LogP contribution in [-0.4, -0.2) is 154 Å². The Labute approximate surface area is 392 Å². The molecule has 0 atom stereocenters. The zero-order valence-corrected chi connectivity index (χ0v) is 40.5. The fraction of sp³-hybridized carbons (Fsp3) is 0.481. The SMILES string of the molecule is CCc1nn2c(C)cc(C)nc2c1Cc1ccc(/C=C/CN2CCN(CCOCCOCCN3CCN(C/C=C/c4ccc(Cc5c(CC)nn6c(C)cc(C)nc56)cc4)CC3)CC2)cc1. The minimum absolute atomic E-state index is 0.657. The third-order valence-corrected chi connectivity index (χ3v) is 13.3. The van der Waals surface area contributed by atoms with E-state index in [4.69, 9.17) is 29.6 Å². The monoisotopic (exact) mass is 893 g/mol. The first-order chi connectivity index (χ1) is 32.2. The second-order valence-electron chi connectivity index (χ2n) is 18.3. The maximum absolute atomic E-state index is 5.96. The van der Waals surface area contributed by atoms with Gasteiger partial charge in [0.05, 0.1) is 37.8 Å². The van der Waals surface area contributed by atoms with Crippen LogP contribution in [0.1, 0.15) is 81.4 Å². The Morgan fingerprint density at radius 1 is 0.500 bits per heavy atom. The Balaban J connectivity index is 0.637. The van der Waals surface area contributed by atoms with Crippen LogP contribution in [0.3, 0.4) is 0 Å². The molecule has 2 aromatic carbocycles. The normalized spacial score (nSPS) is 16.0. The largest absolute Gasteiger partial charge is 0.378 e. The molecule has 12 nitrogen and oxygen atoms in total. The van der Waals surface area contributed by atoms with Crippen molar-refractivity contribution >= 4 is 23.4 Å². The van der Waals surface area contributed by atoms with Crippen molar-refractivity contribution < 1.29 is 9.47 Å². The topological polar surface area (TPSA) is 91.8 Å². The van der Waals surface area contributed by atoms with E-state index < -0.39 is 0 Å². The highest BCUT2D eigenvalue weighted by molar-refractivity contribution is 5.56. The summed E-state index contributed by atoms with van der Waals surface area (Å²) in [5.74, 6) is 0. The van der Waals surface area contributed by atoms with Crippen LogP contribution < -0.4 is 0 Å². The van der Waals surface area contributed by atoms with Crippen LogP contribution in [0.5, 0.6) is 0 Å². The van der Waals surface area contributed by atoms with Gasteiger partial charge in [-0.1, -0.05) is 86.7 Å². The van der Waals surface area contributed by atoms with Crippen LogP contribution in [0.4, 0.5) is 0 Å². The summed E-state index contributed by atoms with van der Waals surface area (Å²) in [6.45, 7) is 28.1. The van der Waals surface area contributed by atoms with Crippen LogP contribution in [0, 0.1) is 27.7 Å². The van der Waals surface area contributed by atoms with Gasteiger partial charge in [0.1, 0.15) is 0 Å². The second-order valence-corrected chi connectivity index (χ2v) is 18.3. The first-order valence-electron chi connectivity index (χ1n) is 24.5. The van der Waals surface area contributed by atoms with Crippen LogP contribution in [0.25, 0.3) is 23.4 Å². The Bertz CT molecular complexity index is 2370. The lowest BCUT2D eigenvalue weighted by Gasteiger charge is -2.34. The predicted molar refractivity (Wildman–Crippen MR) is 268 cm³/mol. The van der Waals surface area contributed by atoms with E-state index in [0.29, 0.717) is 13.2 Å². The molecule has 6 aromatic rings. The van der Waals surface area contributed by atoms with Gasteiger partial charge in [-0.15, -0.1) is 0 Å². The molecule has 12 heteroatoms. The highest BCUT2D eigenvalue weighted by atomic mass is 16.5. The molecule has 2 saturated heterocycles. The van der Waals surface area contributed by atoms with Crippen LogP contribution in [-0.2, 0) is 35.2 Å². The summed E-state index contributed by atoms with van der Waals surface area (Å²) < 4.78 is 15.9. The van der Waals surface area contributed by atoms with Crippen LogP contribution in [0.15, 0.2) is 72.8 Å². The maximum Gasteiger partial charge on any atom is 0.159 e. The highest BCUT2D eigenvalue weighted by Gasteiger charge is 2.19. The first-order valence-corrected chi connectivity index (χ1v) is 24.5. The average Bonchev–Trinajstić information content (AvgIpc) is 3.86. The molecule has 0 N–H and O–H groups in total. The molecule has 2 aliphatic rings. The predicted octanol–water partition coefficient (Wildman–Crippen LogP) is 7.31. The van der Waals surface area contributed by atoms with Gasteiger partial charge in [0.15, 0.2) is 11.3 Å². The number of rotatable bonds is 21. The number of ether oxygens (including phenoxy) is 2. The molecule has 66 heavy (non-hydrogen) atoms. The lowest BCUT2D eigenvalue weighted by molar-refractivity contribution is 0.0223. The average molecular weight is 893 g/mol. The summed E-state index contributed by atoms with van der Waals surface area (Å²) in [5.41, 5.74) is 16.1. The van der Waals surface area contributed by atoms with Gasteiger partial charge in [0.25, 0.3) is 0 Å². The molecule has 0 aliphatic carbocycles. The van der Waals surface area contributed by atoms with Gasteiger partial charge < -0.3 is 9.47 Å². The van der Waals surface area contributed by atoms with Crippen molar-refractivity contribution in [3.63, 3.8) is 0 Å². The van der Waals surface area contributed by atoms with Crippen molar-refractivity contribution in [2.45, 2.75) is 67.2 Å². The minimum Gasteiger partial charge on any atom is -0.378 e. The van der Waals surface area contributed by atoms with Crippen molar-refractivity contribution in [1.82, 2.24) is 48.8 Å². The number of hydrogen-bond acceptors (Lipinski definition) is 10. The molecular formula is C54H72N10O2. The Morgan fingerprint density at radius 2 is 0.879 bits per heavy atom. The van der Waals surface area contributed by atoms with E-state index in [-0.39, 0.29) is 0 Å². The number of aromatic nitrogens is 6. The standard InChI is InChI=1S/C54H72N10O2/c1-7-51-49(53-55-41(3)37-43(5)63(53)57-51)39-47-17-13-45(14-18-47)11-9-21-59-23-27-61(28-24-59)31-33-65-35-36-66-34-32-62-29-25-60(26-30-62)22-10-12-46-15-19-48(20-16-46)40-50-52(8-2)58-64-44(6)38-42(4)56-54(50)64/h9-20,37-38H,7-8,21-36,39-40H2,1-6H3/b11-9+,12-10+. The third-order valence-electron chi connectivity index (χ3n) is 13.3. The van der Waals surface area contributed by atoms with E-state index in [2.05, 4.69) is 146 Å². The molecule has 0 bridgehead atoms. The fourth-order valence-electron chi connectivity index (χ4n) is 9.43. The van der Waals surface area contributed by atoms with E-state index in [1.807, 2.05) is 9.03 Å². The molecule has 2 aliphatic heterocycles. The molecule has 0 amide bonds. The van der Waals surface area contributed by atoms with Gasteiger partial charge >= 0.3 is 0 Å². The number of benzene rings is 2. The van der Waals surface area contributed by atoms with Gasteiger partial charge in [-0.3, -0.25) is 19.6 Å². The third kappa shape index (κ3) is 12.5. The van der Waals surface area contributed by atoms with E-state index in [9.17, 15) is 0 Å². The molecule has 6 heterocycles. The number of hydrogen-bond donors (Lipinski definition) is 0. The smallest absolute Gasteiger partial charge is 0.159 e. The number of nitrogens with zero attached hydrogens (tertiary/aromatic N) is 10. The number of fused-ring (bicyclic) bond motifs is 2. The Hall–Kier alpha value is -5.08. The summed E-state index contributed by atoms with van der Waals surface area (Å²) in [6.07, 6.45) is 12.6. The lowest BCUT2D eigenvalue weighted by Crippen LogP contribution is -2.47. The zero-order chi connectivity index (χ0) is 45.8. The van der Waals surface area contributed by atoms with Gasteiger partial charge in [-0.2, -0.15) is 10.2 Å². The summed E-state index contributed by atoms with van der Waals surface area (Å²) in [6, 6.07) is 22.1. The molecule has 0 spiro atoms. The van der Waals surface area contributed by atoms with Crippen molar-refractivity contribution in [3.05, 3.63) is 140 Å². The van der Waals surface area contributed by atoms with Crippen molar-refractivity contribution in [3.8, 4) is 0 Å². The molecule has 0 saturated carbocycles. The lowest BCUT2D eigenvalue weighted by atomic mass is 10.0. The molecule has 0 unspecified atom stereocenters. The van der Waals surface area contributed by atoms with Gasteiger partial charge in [-0.05, 0) is 74.9 Å². The van der Waals surface area contributed by atoms with Crippen molar-refractivity contribution in [2.24, 2.45) is 0 Å². The minimum atomic E-state index is 0.657.